The molecule has 8 nitrogen and oxygen atoms in total. The van der Waals surface area contributed by atoms with E-state index in [1.54, 1.807) is 0 Å². The Morgan fingerprint density at radius 3 is 2.71 bits per heavy atom. The first-order valence-electron chi connectivity index (χ1n) is 10.8. The molecular formula is C23H24N6O2. The summed E-state index contributed by atoms with van der Waals surface area (Å²) in [6.45, 7) is 1.70. The molecule has 1 aliphatic heterocycles. The molecule has 3 heterocycles. The van der Waals surface area contributed by atoms with E-state index in [1.165, 1.54) is 5.56 Å². The molecule has 2 aromatic carbocycles. The Bertz CT molecular complexity index is 1240. The van der Waals surface area contributed by atoms with Gasteiger partial charge in [-0.3, -0.25) is 4.79 Å². The quantitative estimate of drug-likeness (QED) is 0.539. The van der Waals surface area contributed by atoms with Crippen LogP contribution in [0.15, 0.2) is 47.0 Å². The first kappa shape index (κ1) is 18.2. The van der Waals surface area contributed by atoms with Crippen molar-refractivity contribution in [1.82, 2.24) is 30.7 Å². The Morgan fingerprint density at radius 1 is 1.06 bits per heavy atom. The van der Waals surface area contributed by atoms with Crippen molar-refractivity contribution in [1.29, 1.82) is 0 Å². The van der Waals surface area contributed by atoms with Crippen LogP contribution in [-0.2, 0) is 4.79 Å². The van der Waals surface area contributed by atoms with Crippen molar-refractivity contribution in [3.05, 3.63) is 48.0 Å². The van der Waals surface area contributed by atoms with E-state index in [4.69, 9.17) is 4.52 Å². The highest BCUT2D eigenvalue weighted by Crippen LogP contribution is 2.36. The van der Waals surface area contributed by atoms with Gasteiger partial charge in [0.15, 0.2) is 5.76 Å². The van der Waals surface area contributed by atoms with Gasteiger partial charge in [-0.2, -0.15) is 5.21 Å². The SMILES string of the molecule is O=C(C1CC1)N1CCC(c2cccc(-c3onc4ccc(-c5nn[nH]n5)cc34)c2)CC1.[HH]. The van der Waals surface area contributed by atoms with Gasteiger partial charge in [0.25, 0.3) is 0 Å². The van der Waals surface area contributed by atoms with Crippen LogP contribution >= 0.6 is 0 Å². The molecule has 2 aromatic heterocycles. The third kappa shape index (κ3) is 3.37. The lowest BCUT2D eigenvalue weighted by atomic mass is 9.88. The van der Waals surface area contributed by atoms with Crippen molar-refractivity contribution in [3.63, 3.8) is 0 Å². The number of piperidine rings is 1. The molecular weight excluding hydrogens is 392 g/mol. The van der Waals surface area contributed by atoms with E-state index in [9.17, 15) is 4.79 Å². The molecule has 0 spiro atoms. The Morgan fingerprint density at radius 2 is 1.94 bits per heavy atom. The number of carbonyl (C=O) groups excluding carboxylic acids is 1. The fourth-order valence-corrected chi connectivity index (χ4v) is 4.53. The maximum atomic E-state index is 12.3. The van der Waals surface area contributed by atoms with Crippen LogP contribution in [0.5, 0.6) is 0 Å². The number of hydrogen-bond donors (Lipinski definition) is 1. The van der Waals surface area contributed by atoms with Crippen molar-refractivity contribution in [3.8, 4) is 22.7 Å². The number of fused-ring (bicyclic) bond motifs is 1. The fourth-order valence-electron chi connectivity index (χ4n) is 4.53. The summed E-state index contributed by atoms with van der Waals surface area (Å²) in [5.74, 6) is 2.39. The first-order valence-corrected chi connectivity index (χ1v) is 10.8. The number of H-pyrrole nitrogens is 1. The van der Waals surface area contributed by atoms with Crippen molar-refractivity contribution in [2.75, 3.05) is 13.1 Å². The molecule has 2 aliphatic rings. The standard InChI is InChI=1S/C23H22N6O2.H2/c30-23(15-4-5-15)29-10-8-14(9-11-29)16-2-1-3-17(12-16)21-19-13-18(22-24-27-28-25-22)6-7-20(19)26-31-21;/h1-3,6-7,12-15H,4-5,8-11H2,(H,24,25,27,28);1H. The third-order valence-electron chi connectivity index (χ3n) is 6.43. The minimum absolute atomic E-state index is 0. The molecule has 31 heavy (non-hydrogen) atoms. The fraction of sp³-hybridized carbons (Fsp3) is 0.348. The predicted molar refractivity (Wildman–Crippen MR) is 116 cm³/mol. The van der Waals surface area contributed by atoms with Gasteiger partial charge in [0, 0.05) is 31.6 Å². The Kier molecular flexibility index (Phi) is 4.29. The Hall–Kier alpha value is -3.55. The normalized spacial score (nSPS) is 17.4. The predicted octanol–water partition coefficient (Wildman–Crippen LogP) is 4.04. The van der Waals surface area contributed by atoms with Crippen LogP contribution in [0.4, 0.5) is 0 Å². The van der Waals surface area contributed by atoms with Gasteiger partial charge in [0.1, 0.15) is 5.52 Å². The van der Waals surface area contributed by atoms with E-state index in [0.717, 1.165) is 66.6 Å². The molecule has 0 unspecified atom stereocenters. The molecule has 6 rings (SSSR count). The Labute approximate surface area is 180 Å². The summed E-state index contributed by atoms with van der Waals surface area (Å²) in [4.78, 5) is 14.4. The van der Waals surface area contributed by atoms with E-state index in [2.05, 4.69) is 54.9 Å². The molecule has 2 fully saturated rings. The van der Waals surface area contributed by atoms with Gasteiger partial charge in [0.05, 0.1) is 5.39 Å². The highest BCUT2D eigenvalue weighted by Gasteiger charge is 2.35. The van der Waals surface area contributed by atoms with Crippen LogP contribution in [0.2, 0.25) is 0 Å². The number of carbonyl (C=O) groups is 1. The number of likely N-dealkylation sites (tertiary alicyclic amines) is 1. The zero-order valence-corrected chi connectivity index (χ0v) is 17.0. The van der Waals surface area contributed by atoms with Gasteiger partial charge in [-0.05, 0) is 66.6 Å². The zero-order chi connectivity index (χ0) is 20.8. The summed E-state index contributed by atoms with van der Waals surface area (Å²) in [7, 11) is 0. The number of benzene rings is 2. The van der Waals surface area contributed by atoms with Crippen LogP contribution in [0, 0.1) is 5.92 Å². The van der Waals surface area contributed by atoms with Crippen LogP contribution in [-0.4, -0.2) is 49.7 Å². The second kappa shape index (κ2) is 7.30. The molecule has 1 saturated heterocycles. The van der Waals surface area contributed by atoms with E-state index in [-0.39, 0.29) is 1.43 Å². The summed E-state index contributed by atoms with van der Waals surface area (Å²) in [6, 6.07) is 14.3. The smallest absolute Gasteiger partial charge is 0.225 e. The minimum atomic E-state index is 0. The molecule has 0 radical (unpaired) electrons. The third-order valence-corrected chi connectivity index (χ3v) is 6.43. The van der Waals surface area contributed by atoms with Crippen molar-refractivity contribution in [2.45, 2.75) is 31.6 Å². The van der Waals surface area contributed by atoms with Crippen LogP contribution in [0.25, 0.3) is 33.6 Å². The molecule has 1 saturated carbocycles. The van der Waals surface area contributed by atoms with Crippen molar-refractivity contribution < 1.29 is 10.7 Å². The number of rotatable bonds is 4. The summed E-state index contributed by atoms with van der Waals surface area (Å²) in [6.07, 6.45) is 4.14. The molecule has 4 aromatic rings. The summed E-state index contributed by atoms with van der Waals surface area (Å²) < 4.78 is 5.73. The van der Waals surface area contributed by atoms with Gasteiger partial charge in [0.2, 0.25) is 11.7 Å². The van der Waals surface area contributed by atoms with Gasteiger partial charge in [-0.1, -0.05) is 23.4 Å². The number of nitrogens with zero attached hydrogens (tertiary/aromatic N) is 5. The summed E-state index contributed by atoms with van der Waals surface area (Å²) in [5.41, 5.74) is 3.94. The molecule has 0 bridgehead atoms. The van der Waals surface area contributed by atoms with E-state index >= 15 is 0 Å². The largest absolute Gasteiger partial charge is 0.355 e. The van der Waals surface area contributed by atoms with Gasteiger partial charge in [-0.15, -0.1) is 10.2 Å². The molecule has 1 N–H and O–H groups in total. The van der Waals surface area contributed by atoms with Crippen molar-refractivity contribution >= 4 is 16.8 Å². The maximum absolute atomic E-state index is 12.3. The lowest BCUT2D eigenvalue weighted by Gasteiger charge is -2.32. The number of aromatic amines is 1. The minimum Gasteiger partial charge on any atom is -0.355 e. The molecule has 1 amide bonds. The molecule has 158 valence electrons. The average molecular weight is 416 g/mol. The molecule has 0 atom stereocenters. The number of amides is 1. The van der Waals surface area contributed by atoms with Gasteiger partial charge in [-0.25, -0.2) is 0 Å². The van der Waals surface area contributed by atoms with E-state index in [0.29, 0.717) is 23.6 Å². The van der Waals surface area contributed by atoms with Gasteiger partial charge < -0.3 is 9.42 Å². The lowest BCUT2D eigenvalue weighted by molar-refractivity contribution is -0.133. The average Bonchev–Trinajstić information content (AvgIpc) is 3.35. The van der Waals surface area contributed by atoms with Crippen LogP contribution in [0.1, 0.15) is 38.6 Å². The molecule has 8 heteroatoms. The second-order valence-corrected chi connectivity index (χ2v) is 8.48. The number of nitrogens with one attached hydrogen (secondary N) is 1. The number of hydrogen-bond acceptors (Lipinski definition) is 6. The van der Waals surface area contributed by atoms with E-state index in [1.807, 2.05) is 18.2 Å². The first-order chi connectivity index (χ1) is 15.3. The van der Waals surface area contributed by atoms with Crippen LogP contribution in [0.3, 0.4) is 0 Å². The highest BCUT2D eigenvalue weighted by atomic mass is 16.5. The summed E-state index contributed by atoms with van der Waals surface area (Å²) >= 11 is 0. The highest BCUT2D eigenvalue weighted by molar-refractivity contribution is 5.94. The lowest BCUT2D eigenvalue weighted by Crippen LogP contribution is -2.38. The van der Waals surface area contributed by atoms with Crippen LogP contribution < -0.4 is 0 Å². The summed E-state index contributed by atoms with van der Waals surface area (Å²) in [5, 5.41) is 19.4. The number of tetrazole rings is 1. The zero-order valence-electron chi connectivity index (χ0n) is 17.0. The Balaban J connectivity index is 0.00000216. The van der Waals surface area contributed by atoms with Gasteiger partial charge >= 0.3 is 0 Å². The topological polar surface area (TPSA) is 101 Å². The van der Waals surface area contributed by atoms with Crippen molar-refractivity contribution in [2.24, 2.45) is 5.92 Å². The maximum Gasteiger partial charge on any atom is 0.225 e. The number of aromatic nitrogens is 5. The molecule has 1 aliphatic carbocycles. The second-order valence-electron chi connectivity index (χ2n) is 8.48. The van der Waals surface area contributed by atoms with E-state index < -0.39 is 0 Å². The monoisotopic (exact) mass is 416 g/mol.